The maximum Gasteiger partial charge on any atom is 0.145 e. The first-order valence-electron chi connectivity index (χ1n) is 6.60. The molecule has 1 aromatic carbocycles. The molecule has 0 aliphatic carbocycles. The van der Waals surface area contributed by atoms with Gasteiger partial charge >= 0.3 is 0 Å². The quantitative estimate of drug-likeness (QED) is 0.656. The summed E-state index contributed by atoms with van der Waals surface area (Å²) in [5.41, 5.74) is 7.35. The third kappa shape index (κ3) is 2.90. The van der Waals surface area contributed by atoms with Gasteiger partial charge in [0.25, 0.3) is 0 Å². The van der Waals surface area contributed by atoms with Crippen LogP contribution in [0.3, 0.4) is 0 Å². The van der Waals surface area contributed by atoms with E-state index in [1.54, 1.807) is 6.20 Å². The summed E-state index contributed by atoms with van der Waals surface area (Å²) in [6.07, 6.45) is 6.51. The smallest absolute Gasteiger partial charge is 0.145 e. The molecule has 2 aromatic rings. The highest BCUT2D eigenvalue weighted by atomic mass is 16.5. The number of benzene rings is 1. The first-order chi connectivity index (χ1) is 9.81. The number of nitrogens with zero attached hydrogens (tertiary/aromatic N) is 3. The molecule has 0 fully saturated rings. The number of ether oxygens (including phenoxy) is 1. The summed E-state index contributed by atoms with van der Waals surface area (Å²) in [7, 11) is 0. The molecular weight excluding hydrogens is 254 g/mol. The van der Waals surface area contributed by atoms with Crippen molar-refractivity contribution in [1.82, 2.24) is 9.55 Å². The van der Waals surface area contributed by atoms with E-state index in [0.29, 0.717) is 12.3 Å². The van der Waals surface area contributed by atoms with Gasteiger partial charge in [-0.3, -0.25) is 4.99 Å². The molecule has 2 heterocycles. The summed E-state index contributed by atoms with van der Waals surface area (Å²) in [5.74, 6) is 1.66. The molecule has 0 radical (unpaired) electrons. The van der Waals surface area contributed by atoms with Crippen molar-refractivity contribution in [2.45, 2.75) is 13.0 Å². The van der Waals surface area contributed by atoms with Gasteiger partial charge in [-0.25, -0.2) is 4.98 Å². The summed E-state index contributed by atoms with van der Waals surface area (Å²) in [6.45, 7) is 2.14. The van der Waals surface area contributed by atoms with E-state index >= 15 is 0 Å². The number of aliphatic imine (C=N–C) groups is 1. The minimum atomic E-state index is 0.474. The van der Waals surface area contributed by atoms with Gasteiger partial charge in [0, 0.05) is 31.2 Å². The number of aryl methyl sites for hydroxylation is 1. The predicted molar refractivity (Wildman–Crippen MR) is 79.1 cm³/mol. The molecule has 0 atom stereocenters. The number of hydrogen-bond donors (Lipinski definition) is 2. The molecule has 6 heteroatoms. The Morgan fingerprint density at radius 2 is 2.40 bits per heavy atom. The highest BCUT2D eigenvalue weighted by molar-refractivity contribution is 5.99. The zero-order chi connectivity index (χ0) is 13.8. The topological polar surface area (TPSA) is 77.5 Å². The molecule has 0 saturated carbocycles. The predicted octanol–water partition coefficient (Wildman–Crippen LogP) is 1.76. The van der Waals surface area contributed by atoms with E-state index in [1.807, 2.05) is 35.3 Å². The van der Waals surface area contributed by atoms with Crippen LogP contribution in [0.2, 0.25) is 0 Å². The average Bonchev–Trinajstić information content (AvgIpc) is 2.96. The average molecular weight is 271 g/mol. The zero-order valence-electron chi connectivity index (χ0n) is 11.1. The molecule has 1 aliphatic heterocycles. The molecule has 104 valence electrons. The van der Waals surface area contributed by atoms with E-state index < -0.39 is 0 Å². The lowest BCUT2D eigenvalue weighted by Gasteiger charge is -2.21. The van der Waals surface area contributed by atoms with Gasteiger partial charge in [0.1, 0.15) is 18.2 Å². The van der Waals surface area contributed by atoms with E-state index in [9.17, 15) is 0 Å². The number of anilines is 2. The van der Waals surface area contributed by atoms with Crippen LogP contribution in [-0.2, 0) is 6.54 Å². The Morgan fingerprint density at radius 1 is 1.45 bits per heavy atom. The third-order valence-corrected chi connectivity index (χ3v) is 3.08. The number of amidine groups is 1. The second-order valence-electron chi connectivity index (χ2n) is 4.65. The zero-order valence-corrected chi connectivity index (χ0v) is 11.1. The Morgan fingerprint density at radius 3 is 3.25 bits per heavy atom. The number of fused-ring (bicyclic) bond motifs is 1. The molecule has 6 nitrogen and oxygen atoms in total. The van der Waals surface area contributed by atoms with Gasteiger partial charge in [-0.1, -0.05) is 0 Å². The van der Waals surface area contributed by atoms with Crippen LogP contribution in [0.1, 0.15) is 6.42 Å². The number of nitrogen functional groups attached to an aromatic ring is 1. The number of nitrogens with one attached hydrogen (secondary N) is 1. The molecule has 0 spiro atoms. The van der Waals surface area contributed by atoms with Gasteiger partial charge in [-0.05, 0) is 24.6 Å². The second-order valence-corrected chi connectivity index (χ2v) is 4.65. The van der Waals surface area contributed by atoms with Crippen LogP contribution in [-0.4, -0.2) is 28.5 Å². The molecule has 0 saturated heterocycles. The first-order valence-corrected chi connectivity index (χ1v) is 6.60. The van der Waals surface area contributed by atoms with E-state index in [4.69, 9.17) is 10.5 Å². The minimum Gasteiger partial charge on any atom is -0.484 e. The van der Waals surface area contributed by atoms with Crippen molar-refractivity contribution >= 4 is 17.2 Å². The van der Waals surface area contributed by atoms with E-state index in [0.717, 1.165) is 36.8 Å². The summed E-state index contributed by atoms with van der Waals surface area (Å²) in [4.78, 5) is 8.52. The van der Waals surface area contributed by atoms with E-state index in [-0.39, 0.29) is 0 Å². The SMILES string of the molecule is Nc1ccc2c(c1)NC(=NCCCn1ccnc1)CO2. The number of rotatable bonds is 4. The first kappa shape index (κ1) is 12.5. The second kappa shape index (κ2) is 5.64. The summed E-state index contributed by atoms with van der Waals surface area (Å²) in [5, 5.41) is 3.26. The maximum absolute atomic E-state index is 5.76. The summed E-state index contributed by atoms with van der Waals surface area (Å²) >= 11 is 0. The van der Waals surface area contributed by atoms with E-state index in [1.165, 1.54) is 0 Å². The highest BCUT2D eigenvalue weighted by Crippen LogP contribution is 2.29. The Bertz CT molecular complexity index is 606. The number of aromatic nitrogens is 2. The standard InChI is InChI=1S/C14H17N5O/c15-11-2-3-13-12(8-11)18-14(9-20-13)17-4-1-6-19-7-5-16-10-19/h2-3,5,7-8,10H,1,4,6,9,15H2,(H,17,18). The van der Waals surface area contributed by atoms with Crippen LogP contribution in [0.4, 0.5) is 11.4 Å². The summed E-state index contributed by atoms with van der Waals surface area (Å²) < 4.78 is 7.67. The van der Waals surface area contributed by atoms with Gasteiger partial charge in [0.15, 0.2) is 0 Å². The molecule has 0 unspecified atom stereocenters. The largest absolute Gasteiger partial charge is 0.484 e. The fraction of sp³-hybridized carbons (Fsp3) is 0.286. The Balaban J connectivity index is 1.55. The van der Waals surface area contributed by atoms with E-state index in [2.05, 4.69) is 15.3 Å². The Hall–Kier alpha value is -2.50. The van der Waals surface area contributed by atoms with Crippen LogP contribution in [0.25, 0.3) is 0 Å². The Kier molecular flexibility index (Phi) is 3.54. The lowest BCUT2D eigenvalue weighted by Crippen LogP contribution is -2.26. The van der Waals surface area contributed by atoms with Crippen LogP contribution >= 0.6 is 0 Å². The van der Waals surface area contributed by atoms with Gasteiger partial charge in [-0.2, -0.15) is 0 Å². The molecule has 20 heavy (non-hydrogen) atoms. The van der Waals surface area contributed by atoms with Crippen LogP contribution < -0.4 is 15.8 Å². The fourth-order valence-corrected chi connectivity index (χ4v) is 2.08. The number of nitrogens with two attached hydrogens (primary N) is 1. The van der Waals surface area contributed by atoms with Gasteiger partial charge < -0.3 is 20.4 Å². The van der Waals surface area contributed by atoms with Crippen molar-refractivity contribution < 1.29 is 4.74 Å². The fourth-order valence-electron chi connectivity index (χ4n) is 2.08. The van der Waals surface area contributed by atoms with Crippen molar-refractivity contribution in [2.24, 2.45) is 4.99 Å². The van der Waals surface area contributed by atoms with Crippen LogP contribution in [0.15, 0.2) is 41.9 Å². The van der Waals surface area contributed by atoms with Crippen LogP contribution in [0.5, 0.6) is 5.75 Å². The van der Waals surface area contributed by atoms with Crippen LogP contribution in [0, 0.1) is 0 Å². The van der Waals surface area contributed by atoms with Crippen molar-refractivity contribution in [3.63, 3.8) is 0 Å². The minimum absolute atomic E-state index is 0.474. The molecule has 1 aromatic heterocycles. The molecule has 0 amide bonds. The number of imidazole rings is 1. The third-order valence-electron chi connectivity index (χ3n) is 3.08. The van der Waals surface area contributed by atoms with Gasteiger partial charge in [0.2, 0.25) is 0 Å². The van der Waals surface area contributed by atoms with Crippen molar-refractivity contribution in [3.05, 3.63) is 36.9 Å². The maximum atomic E-state index is 5.76. The Labute approximate surface area is 117 Å². The lowest BCUT2D eigenvalue weighted by molar-refractivity contribution is 0.372. The number of hydrogen-bond acceptors (Lipinski definition) is 4. The molecule has 3 rings (SSSR count). The molecular formula is C14H17N5O. The van der Waals surface area contributed by atoms with Gasteiger partial charge in [-0.15, -0.1) is 0 Å². The van der Waals surface area contributed by atoms with Crippen molar-refractivity contribution in [3.8, 4) is 5.75 Å². The van der Waals surface area contributed by atoms with Crippen molar-refractivity contribution in [1.29, 1.82) is 0 Å². The normalized spacial score (nSPS) is 15.5. The van der Waals surface area contributed by atoms with Gasteiger partial charge in [0.05, 0.1) is 12.0 Å². The monoisotopic (exact) mass is 271 g/mol. The lowest BCUT2D eigenvalue weighted by atomic mass is 10.2. The molecule has 0 bridgehead atoms. The highest BCUT2D eigenvalue weighted by Gasteiger charge is 2.13. The molecule has 3 N–H and O–H groups in total. The molecule has 1 aliphatic rings. The van der Waals surface area contributed by atoms with Crippen molar-refractivity contribution in [2.75, 3.05) is 24.2 Å². The summed E-state index contributed by atoms with van der Waals surface area (Å²) in [6, 6.07) is 5.55.